The lowest BCUT2D eigenvalue weighted by atomic mass is 9.88. The van der Waals surface area contributed by atoms with Crippen LogP contribution in [0, 0.1) is 17.5 Å². The zero-order valence-electron chi connectivity index (χ0n) is 17.5. The van der Waals surface area contributed by atoms with Gasteiger partial charge in [-0.25, -0.2) is 13.2 Å². The molecule has 4 rings (SSSR count). The van der Waals surface area contributed by atoms with Crippen molar-refractivity contribution in [1.29, 1.82) is 0 Å². The Balaban J connectivity index is 1.38. The zero-order valence-corrected chi connectivity index (χ0v) is 17.5. The fraction of sp³-hybridized carbons (Fsp3) is 0.478. The van der Waals surface area contributed by atoms with E-state index in [1.165, 1.54) is 12.1 Å². The minimum Gasteiger partial charge on any atom is -0.368 e. The standard InChI is InChI=1S/C23H26F3N3O2/c1-16-14-29(22(30)18-5-4-17(24)13-20(18)26)15-23(31-16)7-11-28(12-8-23)10-6-21-19(25)3-2-9-27-21/h2-5,9,13,16H,6-8,10-12,14-15H2,1H3. The number of hydrogen-bond donors (Lipinski definition) is 0. The number of aromatic nitrogens is 1. The third kappa shape index (κ3) is 4.91. The summed E-state index contributed by atoms with van der Waals surface area (Å²) in [6.45, 7) is 4.85. The number of rotatable bonds is 4. The number of amides is 1. The summed E-state index contributed by atoms with van der Waals surface area (Å²) < 4.78 is 47.4. The first-order valence-corrected chi connectivity index (χ1v) is 10.6. The van der Waals surface area contributed by atoms with Crippen LogP contribution in [0.3, 0.4) is 0 Å². The van der Waals surface area contributed by atoms with Crippen molar-refractivity contribution < 1.29 is 22.7 Å². The lowest BCUT2D eigenvalue weighted by Gasteiger charge is -2.49. The maximum atomic E-state index is 14.1. The molecule has 8 heteroatoms. The number of ether oxygens (including phenoxy) is 1. The molecule has 1 unspecified atom stereocenters. The van der Waals surface area contributed by atoms with Gasteiger partial charge in [-0.3, -0.25) is 9.78 Å². The summed E-state index contributed by atoms with van der Waals surface area (Å²) in [5.74, 6) is -2.30. The van der Waals surface area contributed by atoms with E-state index in [-0.39, 0.29) is 17.5 Å². The highest BCUT2D eigenvalue weighted by Gasteiger charge is 2.43. The number of morpholine rings is 1. The summed E-state index contributed by atoms with van der Waals surface area (Å²) >= 11 is 0. The van der Waals surface area contributed by atoms with Crippen LogP contribution >= 0.6 is 0 Å². The number of piperidine rings is 1. The van der Waals surface area contributed by atoms with E-state index in [4.69, 9.17) is 4.74 Å². The summed E-state index contributed by atoms with van der Waals surface area (Å²) in [6.07, 6.45) is 3.38. The number of likely N-dealkylation sites (tertiary alicyclic amines) is 1. The Morgan fingerprint density at radius 3 is 2.68 bits per heavy atom. The molecule has 3 heterocycles. The highest BCUT2D eigenvalue weighted by molar-refractivity contribution is 5.94. The number of hydrogen-bond acceptors (Lipinski definition) is 4. The van der Waals surface area contributed by atoms with E-state index in [0.717, 1.165) is 38.1 Å². The maximum Gasteiger partial charge on any atom is 0.257 e. The van der Waals surface area contributed by atoms with E-state index in [1.54, 1.807) is 17.2 Å². The quantitative estimate of drug-likeness (QED) is 0.741. The number of halogens is 3. The molecule has 31 heavy (non-hydrogen) atoms. The van der Waals surface area contributed by atoms with Crippen LogP contribution < -0.4 is 0 Å². The van der Waals surface area contributed by atoms with Crippen molar-refractivity contribution in [3.63, 3.8) is 0 Å². The molecule has 1 atom stereocenters. The van der Waals surface area contributed by atoms with Crippen molar-refractivity contribution in [2.24, 2.45) is 0 Å². The third-order valence-corrected chi connectivity index (χ3v) is 6.12. The number of nitrogens with zero attached hydrogens (tertiary/aromatic N) is 3. The van der Waals surface area contributed by atoms with Gasteiger partial charge in [-0.2, -0.15) is 0 Å². The van der Waals surface area contributed by atoms with Crippen molar-refractivity contribution in [2.75, 3.05) is 32.7 Å². The molecule has 166 valence electrons. The Bertz CT molecular complexity index is 947. The SMILES string of the molecule is CC1CN(C(=O)c2ccc(F)cc2F)CC2(CCN(CCc3ncccc3F)CC2)O1. The average molecular weight is 433 g/mol. The van der Waals surface area contributed by atoms with Crippen LogP contribution in [0.4, 0.5) is 13.2 Å². The lowest BCUT2D eigenvalue weighted by molar-refractivity contribution is -0.161. The molecule has 1 spiro atoms. The van der Waals surface area contributed by atoms with Crippen LogP contribution in [-0.4, -0.2) is 65.1 Å². The molecule has 2 aromatic rings. The second-order valence-corrected chi connectivity index (χ2v) is 8.44. The average Bonchev–Trinajstić information content (AvgIpc) is 2.73. The predicted octanol–water partition coefficient (Wildman–Crippen LogP) is 3.44. The number of carbonyl (C=O) groups excluding carboxylic acids is 1. The summed E-state index contributed by atoms with van der Waals surface area (Å²) in [5.41, 5.74) is -0.153. The molecular formula is C23H26F3N3O2. The van der Waals surface area contributed by atoms with Gasteiger partial charge in [0.2, 0.25) is 0 Å². The first-order chi connectivity index (χ1) is 14.8. The van der Waals surface area contributed by atoms with Gasteiger partial charge in [0.15, 0.2) is 0 Å². The minimum atomic E-state index is -0.852. The molecule has 2 aliphatic rings. The van der Waals surface area contributed by atoms with Crippen molar-refractivity contribution in [3.8, 4) is 0 Å². The van der Waals surface area contributed by atoms with Gasteiger partial charge in [0.05, 0.1) is 29.5 Å². The minimum absolute atomic E-state index is 0.125. The molecule has 1 aromatic carbocycles. The Labute approximate surface area is 179 Å². The summed E-state index contributed by atoms with van der Waals surface area (Å²) in [7, 11) is 0. The van der Waals surface area contributed by atoms with Gasteiger partial charge in [-0.15, -0.1) is 0 Å². The number of pyridine rings is 1. The maximum absolute atomic E-state index is 14.1. The van der Waals surface area contributed by atoms with Crippen LogP contribution in [0.5, 0.6) is 0 Å². The molecule has 1 amide bonds. The largest absolute Gasteiger partial charge is 0.368 e. The number of benzene rings is 1. The Kier molecular flexibility index (Phi) is 6.29. The Morgan fingerprint density at radius 1 is 1.19 bits per heavy atom. The van der Waals surface area contributed by atoms with Crippen molar-refractivity contribution in [3.05, 3.63) is 65.2 Å². The van der Waals surface area contributed by atoms with Gasteiger partial charge in [0.1, 0.15) is 17.5 Å². The fourth-order valence-electron chi connectivity index (χ4n) is 4.54. The summed E-state index contributed by atoms with van der Waals surface area (Å²) in [6, 6.07) is 6.02. The van der Waals surface area contributed by atoms with Crippen LogP contribution in [0.25, 0.3) is 0 Å². The van der Waals surface area contributed by atoms with Gasteiger partial charge in [-0.05, 0) is 44.0 Å². The van der Waals surface area contributed by atoms with Crippen LogP contribution in [0.1, 0.15) is 35.8 Å². The monoisotopic (exact) mass is 433 g/mol. The topological polar surface area (TPSA) is 45.7 Å². The van der Waals surface area contributed by atoms with Gasteiger partial charge >= 0.3 is 0 Å². The first-order valence-electron chi connectivity index (χ1n) is 10.6. The first kappa shape index (κ1) is 21.8. The lowest BCUT2D eigenvalue weighted by Crippen LogP contribution is -2.60. The highest BCUT2D eigenvalue weighted by Crippen LogP contribution is 2.33. The Hall–Kier alpha value is -2.45. The number of carbonyl (C=O) groups is 1. The van der Waals surface area contributed by atoms with E-state index >= 15 is 0 Å². The molecule has 2 saturated heterocycles. The molecular weight excluding hydrogens is 407 g/mol. The summed E-state index contributed by atoms with van der Waals surface area (Å²) in [4.78, 5) is 20.9. The molecule has 1 aromatic heterocycles. The van der Waals surface area contributed by atoms with Crippen LogP contribution in [-0.2, 0) is 11.2 Å². The van der Waals surface area contributed by atoms with Crippen LogP contribution in [0.2, 0.25) is 0 Å². The molecule has 0 radical (unpaired) electrons. The molecule has 2 aliphatic heterocycles. The Morgan fingerprint density at radius 2 is 1.97 bits per heavy atom. The zero-order chi connectivity index (χ0) is 22.0. The molecule has 0 aliphatic carbocycles. The second kappa shape index (κ2) is 8.96. The van der Waals surface area contributed by atoms with Gasteiger partial charge in [0, 0.05) is 44.9 Å². The van der Waals surface area contributed by atoms with Gasteiger partial charge in [0.25, 0.3) is 5.91 Å². The predicted molar refractivity (Wildman–Crippen MR) is 109 cm³/mol. The van der Waals surface area contributed by atoms with Gasteiger partial charge in [-0.1, -0.05) is 0 Å². The van der Waals surface area contributed by atoms with E-state index in [2.05, 4.69) is 9.88 Å². The van der Waals surface area contributed by atoms with Crippen molar-refractivity contribution >= 4 is 5.91 Å². The molecule has 5 nitrogen and oxygen atoms in total. The summed E-state index contributed by atoms with van der Waals surface area (Å²) in [5, 5.41) is 0. The van der Waals surface area contributed by atoms with E-state index in [0.29, 0.717) is 31.7 Å². The molecule has 0 bridgehead atoms. The van der Waals surface area contributed by atoms with E-state index in [1.807, 2.05) is 6.92 Å². The van der Waals surface area contributed by atoms with E-state index in [9.17, 15) is 18.0 Å². The van der Waals surface area contributed by atoms with Crippen LogP contribution in [0.15, 0.2) is 36.5 Å². The fourth-order valence-corrected chi connectivity index (χ4v) is 4.54. The third-order valence-electron chi connectivity index (χ3n) is 6.12. The second-order valence-electron chi connectivity index (χ2n) is 8.44. The molecule has 0 N–H and O–H groups in total. The highest BCUT2D eigenvalue weighted by atomic mass is 19.1. The van der Waals surface area contributed by atoms with Crippen molar-refractivity contribution in [1.82, 2.24) is 14.8 Å². The normalized spacial score (nSPS) is 21.4. The van der Waals surface area contributed by atoms with Crippen molar-refractivity contribution in [2.45, 2.75) is 37.9 Å². The smallest absolute Gasteiger partial charge is 0.257 e. The van der Waals surface area contributed by atoms with Gasteiger partial charge < -0.3 is 14.5 Å². The van der Waals surface area contributed by atoms with E-state index < -0.39 is 23.1 Å². The molecule has 0 saturated carbocycles. The molecule has 2 fully saturated rings.